The van der Waals surface area contributed by atoms with E-state index in [0.717, 1.165) is 30.5 Å². The van der Waals surface area contributed by atoms with Gasteiger partial charge < -0.3 is 0 Å². The van der Waals surface area contributed by atoms with E-state index in [0.29, 0.717) is 5.56 Å². The smallest absolute Gasteiger partial charge is 0.160 e. The Morgan fingerprint density at radius 1 is 0.900 bits per heavy atom. The first-order chi connectivity index (χ1) is 9.69. The zero-order valence-corrected chi connectivity index (χ0v) is 11.0. The normalized spacial score (nSPS) is 9.70. The fourth-order valence-corrected chi connectivity index (χ4v) is 1.74. The van der Waals surface area contributed by atoms with Gasteiger partial charge in [0.05, 0.1) is 0 Å². The highest BCUT2D eigenvalue weighted by Crippen LogP contribution is 2.09. The van der Waals surface area contributed by atoms with Gasteiger partial charge in [0.2, 0.25) is 0 Å². The summed E-state index contributed by atoms with van der Waals surface area (Å²) >= 11 is 0. The summed E-state index contributed by atoms with van der Waals surface area (Å²) in [6, 6.07) is 11.5. The molecule has 0 spiro atoms. The van der Waals surface area contributed by atoms with E-state index in [1.807, 2.05) is 30.3 Å². The molecule has 0 aliphatic rings. The highest BCUT2D eigenvalue weighted by atomic mass is 19.2. The number of hydrogen-bond acceptors (Lipinski definition) is 0. The van der Waals surface area contributed by atoms with E-state index in [9.17, 15) is 8.78 Å². The summed E-state index contributed by atoms with van der Waals surface area (Å²) in [5.74, 6) is 4.01. The second-order valence-electron chi connectivity index (χ2n) is 4.40. The van der Waals surface area contributed by atoms with Crippen molar-refractivity contribution in [1.82, 2.24) is 0 Å². The van der Waals surface area contributed by atoms with Gasteiger partial charge in [-0.2, -0.15) is 0 Å². The molecule has 100 valence electrons. The molecule has 20 heavy (non-hydrogen) atoms. The van der Waals surface area contributed by atoms with Crippen molar-refractivity contribution in [3.05, 3.63) is 83.4 Å². The Morgan fingerprint density at radius 3 is 2.20 bits per heavy atom. The van der Waals surface area contributed by atoms with E-state index in [1.54, 1.807) is 0 Å². The van der Waals surface area contributed by atoms with Crippen LogP contribution in [0.1, 0.15) is 23.1 Å². The molecular weight excluding hydrogens is 254 g/mol. The minimum Gasteiger partial charge on any atom is -0.204 e. The molecule has 0 saturated carbocycles. The monoisotopic (exact) mass is 268 g/mol. The van der Waals surface area contributed by atoms with E-state index < -0.39 is 11.6 Å². The highest BCUT2D eigenvalue weighted by Gasteiger charge is 2.00. The molecule has 0 radical (unpaired) electrons. The zero-order valence-electron chi connectivity index (χ0n) is 11.0. The van der Waals surface area contributed by atoms with E-state index in [4.69, 9.17) is 0 Å². The van der Waals surface area contributed by atoms with Crippen LogP contribution >= 0.6 is 0 Å². The molecule has 2 aromatic rings. The molecule has 0 heterocycles. The average Bonchev–Trinajstić information content (AvgIpc) is 2.47. The molecule has 0 amide bonds. The maximum Gasteiger partial charge on any atom is 0.160 e. The van der Waals surface area contributed by atoms with E-state index in [1.165, 1.54) is 11.6 Å². The summed E-state index contributed by atoms with van der Waals surface area (Å²) in [5.41, 5.74) is 2.53. The molecule has 2 aromatic carbocycles. The number of halogens is 2. The summed E-state index contributed by atoms with van der Waals surface area (Å²) in [5, 5.41) is 0. The van der Waals surface area contributed by atoms with Crippen molar-refractivity contribution in [3.8, 4) is 11.8 Å². The van der Waals surface area contributed by atoms with Gasteiger partial charge >= 0.3 is 0 Å². The molecule has 2 heteroatoms. The first-order valence-corrected chi connectivity index (χ1v) is 6.36. The number of rotatable bonds is 3. The molecular formula is C18H14F2. The molecule has 0 nitrogen and oxygen atoms in total. The van der Waals surface area contributed by atoms with Crippen molar-refractivity contribution in [3.63, 3.8) is 0 Å². The van der Waals surface area contributed by atoms with E-state index in [-0.39, 0.29) is 0 Å². The Bertz CT molecular complexity index is 658. The molecule has 0 aliphatic carbocycles. The molecule has 0 unspecified atom stereocenters. The van der Waals surface area contributed by atoms with Crippen LogP contribution in [-0.4, -0.2) is 0 Å². The lowest BCUT2D eigenvalue weighted by molar-refractivity contribution is 0.508. The number of allylic oxidation sites excluding steroid dienone is 1. The van der Waals surface area contributed by atoms with Crippen molar-refractivity contribution in [2.75, 3.05) is 0 Å². The second kappa shape index (κ2) is 6.68. The largest absolute Gasteiger partial charge is 0.204 e. The fraction of sp³-hybridized carbons (Fsp3) is 0.111. The standard InChI is InChI=1S/C18H14F2/c1-2-3-4-14-5-7-15(8-6-14)9-10-16-11-12-17(19)18(20)13-16/h2,5-8,11-13H,1,3-4H2. The molecule has 0 bridgehead atoms. The van der Waals surface area contributed by atoms with Crippen LogP contribution in [0.3, 0.4) is 0 Å². The van der Waals surface area contributed by atoms with Crippen LogP contribution in [0.5, 0.6) is 0 Å². The topological polar surface area (TPSA) is 0 Å². The number of aryl methyl sites for hydroxylation is 1. The summed E-state index contributed by atoms with van der Waals surface area (Å²) in [4.78, 5) is 0. The molecule has 0 saturated heterocycles. The van der Waals surface area contributed by atoms with Gasteiger partial charge in [0.25, 0.3) is 0 Å². The van der Waals surface area contributed by atoms with Crippen LogP contribution in [0.2, 0.25) is 0 Å². The Kier molecular flexibility index (Phi) is 4.68. The summed E-state index contributed by atoms with van der Waals surface area (Å²) in [7, 11) is 0. The third-order valence-electron chi connectivity index (χ3n) is 2.86. The fourth-order valence-electron chi connectivity index (χ4n) is 1.74. The Morgan fingerprint density at radius 2 is 1.55 bits per heavy atom. The maximum atomic E-state index is 13.0. The van der Waals surface area contributed by atoms with Gasteiger partial charge in [-0.3, -0.25) is 0 Å². The summed E-state index contributed by atoms with van der Waals surface area (Å²) in [6.07, 6.45) is 3.79. The van der Waals surface area contributed by atoms with Gasteiger partial charge in [-0.25, -0.2) is 8.78 Å². The Balaban J connectivity index is 2.11. The predicted molar refractivity (Wildman–Crippen MR) is 77.3 cm³/mol. The van der Waals surface area contributed by atoms with Crippen LogP contribution < -0.4 is 0 Å². The Labute approximate surface area is 117 Å². The average molecular weight is 268 g/mol. The van der Waals surface area contributed by atoms with Crippen molar-refractivity contribution in [2.45, 2.75) is 12.8 Å². The lowest BCUT2D eigenvalue weighted by Gasteiger charge is -1.98. The van der Waals surface area contributed by atoms with Crippen LogP contribution in [0.4, 0.5) is 8.78 Å². The highest BCUT2D eigenvalue weighted by molar-refractivity contribution is 5.43. The summed E-state index contributed by atoms with van der Waals surface area (Å²) < 4.78 is 25.8. The third kappa shape index (κ3) is 3.80. The predicted octanol–water partition coefficient (Wildman–Crippen LogP) is 4.48. The quantitative estimate of drug-likeness (QED) is 0.568. The molecule has 2 rings (SSSR count). The zero-order chi connectivity index (χ0) is 14.4. The number of benzene rings is 2. The summed E-state index contributed by atoms with van der Waals surface area (Å²) in [6.45, 7) is 3.69. The first-order valence-electron chi connectivity index (χ1n) is 6.36. The SMILES string of the molecule is C=CCCc1ccc(C#Cc2ccc(F)c(F)c2)cc1. The van der Waals surface area contributed by atoms with Crippen molar-refractivity contribution < 1.29 is 8.78 Å². The van der Waals surface area contributed by atoms with E-state index in [2.05, 4.69) is 18.4 Å². The molecule has 0 aliphatic heterocycles. The molecule has 0 N–H and O–H groups in total. The lowest BCUT2D eigenvalue weighted by Crippen LogP contribution is -1.85. The maximum absolute atomic E-state index is 13.0. The minimum atomic E-state index is -0.878. The third-order valence-corrected chi connectivity index (χ3v) is 2.86. The van der Waals surface area contributed by atoms with Crippen molar-refractivity contribution in [2.24, 2.45) is 0 Å². The van der Waals surface area contributed by atoms with Crippen LogP contribution in [0.15, 0.2) is 55.1 Å². The lowest BCUT2D eigenvalue weighted by atomic mass is 10.1. The van der Waals surface area contributed by atoms with Crippen LogP contribution in [0.25, 0.3) is 0 Å². The van der Waals surface area contributed by atoms with E-state index >= 15 is 0 Å². The van der Waals surface area contributed by atoms with Crippen molar-refractivity contribution in [1.29, 1.82) is 0 Å². The number of hydrogen-bond donors (Lipinski definition) is 0. The van der Waals surface area contributed by atoms with Crippen LogP contribution in [0, 0.1) is 23.5 Å². The van der Waals surface area contributed by atoms with Crippen LogP contribution in [-0.2, 0) is 6.42 Å². The van der Waals surface area contributed by atoms with Gasteiger partial charge in [-0.15, -0.1) is 6.58 Å². The van der Waals surface area contributed by atoms with Gasteiger partial charge in [0.15, 0.2) is 11.6 Å². The minimum absolute atomic E-state index is 0.458. The molecule has 0 atom stereocenters. The molecule has 0 aromatic heterocycles. The van der Waals surface area contributed by atoms with Crippen molar-refractivity contribution >= 4 is 0 Å². The second-order valence-corrected chi connectivity index (χ2v) is 4.40. The van der Waals surface area contributed by atoms with Gasteiger partial charge in [0.1, 0.15) is 0 Å². The first kappa shape index (κ1) is 14.0. The Hall–Kier alpha value is -2.40. The molecule has 0 fully saturated rings. The van der Waals surface area contributed by atoms with Gasteiger partial charge in [-0.1, -0.05) is 30.0 Å². The van der Waals surface area contributed by atoms with Gasteiger partial charge in [0, 0.05) is 11.1 Å². The van der Waals surface area contributed by atoms with Gasteiger partial charge in [-0.05, 0) is 48.7 Å².